The van der Waals surface area contributed by atoms with Crippen molar-refractivity contribution >= 4 is 5.91 Å². The quantitative estimate of drug-likeness (QED) is 0.691. The lowest BCUT2D eigenvalue weighted by atomic mass is 9.91. The van der Waals surface area contributed by atoms with E-state index < -0.39 is 0 Å². The highest BCUT2D eigenvalue weighted by Crippen LogP contribution is 2.21. The molecule has 0 saturated carbocycles. The molecule has 2 N–H and O–H groups in total. The molecule has 82 valence electrons. The monoisotopic (exact) mass is 198 g/mol. The summed E-state index contributed by atoms with van der Waals surface area (Å²) in [5.74, 6) is 0.282. The summed E-state index contributed by atoms with van der Waals surface area (Å²) < 4.78 is 0. The second-order valence-electron chi connectivity index (χ2n) is 5.46. The van der Waals surface area contributed by atoms with Crippen LogP contribution in [0.2, 0.25) is 0 Å². The maximum absolute atomic E-state index is 11.8. The maximum atomic E-state index is 11.8. The van der Waals surface area contributed by atoms with Crippen LogP contribution < -0.4 is 5.73 Å². The van der Waals surface area contributed by atoms with Gasteiger partial charge in [-0.1, -0.05) is 20.8 Å². The predicted octanol–water partition coefficient (Wildman–Crippen LogP) is 1.37. The number of amides is 1. The van der Waals surface area contributed by atoms with Gasteiger partial charge in [0, 0.05) is 25.6 Å². The third-order valence-electron chi connectivity index (χ3n) is 2.57. The lowest BCUT2D eigenvalue weighted by molar-refractivity contribution is -0.134. The average Bonchev–Trinajstić information content (AvgIpc) is 2.02. The lowest BCUT2D eigenvalue weighted by Crippen LogP contribution is -2.43. The van der Waals surface area contributed by atoms with E-state index in [2.05, 4.69) is 20.8 Å². The van der Waals surface area contributed by atoms with Gasteiger partial charge >= 0.3 is 0 Å². The molecule has 0 aromatic carbocycles. The molecule has 0 bridgehead atoms. The molecular formula is C11H22N2O. The molecule has 0 aromatic rings. The first kappa shape index (κ1) is 11.5. The van der Waals surface area contributed by atoms with E-state index in [0.717, 1.165) is 25.9 Å². The highest BCUT2D eigenvalue weighted by Gasteiger charge is 2.24. The number of piperidine rings is 1. The average molecular weight is 198 g/mol. The maximum Gasteiger partial charge on any atom is 0.223 e. The summed E-state index contributed by atoms with van der Waals surface area (Å²) in [6.07, 6.45) is 2.55. The number of rotatable bonds is 1. The van der Waals surface area contributed by atoms with Gasteiger partial charge in [-0.3, -0.25) is 4.79 Å². The summed E-state index contributed by atoms with van der Waals surface area (Å²) in [6.45, 7) is 7.98. The molecule has 1 aliphatic heterocycles. The van der Waals surface area contributed by atoms with Crippen LogP contribution in [-0.2, 0) is 4.79 Å². The van der Waals surface area contributed by atoms with Crippen LogP contribution in [0.4, 0.5) is 0 Å². The van der Waals surface area contributed by atoms with Crippen molar-refractivity contribution in [3.63, 3.8) is 0 Å². The Morgan fingerprint density at radius 2 is 1.86 bits per heavy atom. The van der Waals surface area contributed by atoms with Gasteiger partial charge in [-0.25, -0.2) is 0 Å². The van der Waals surface area contributed by atoms with Crippen LogP contribution in [0.3, 0.4) is 0 Å². The molecule has 0 aliphatic carbocycles. The Balaban J connectivity index is 2.38. The van der Waals surface area contributed by atoms with Gasteiger partial charge in [-0.2, -0.15) is 0 Å². The van der Waals surface area contributed by atoms with Crippen LogP contribution in [0.5, 0.6) is 0 Å². The molecular weight excluding hydrogens is 176 g/mol. The topological polar surface area (TPSA) is 46.3 Å². The first-order valence-electron chi connectivity index (χ1n) is 5.42. The van der Waals surface area contributed by atoms with Gasteiger partial charge < -0.3 is 10.6 Å². The van der Waals surface area contributed by atoms with Crippen molar-refractivity contribution in [1.29, 1.82) is 0 Å². The molecule has 0 radical (unpaired) electrons. The molecule has 0 aromatic heterocycles. The number of hydrogen-bond donors (Lipinski definition) is 1. The van der Waals surface area contributed by atoms with E-state index in [4.69, 9.17) is 5.73 Å². The number of carbonyl (C=O) groups is 1. The van der Waals surface area contributed by atoms with E-state index in [-0.39, 0.29) is 11.3 Å². The zero-order chi connectivity index (χ0) is 10.8. The molecule has 3 heteroatoms. The smallest absolute Gasteiger partial charge is 0.223 e. The molecule has 0 unspecified atom stereocenters. The second-order valence-corrected chi connectivity index (χ2v) is 5.46. The highest BCUT2D eigenvalue weighted by atomic mass is 16.2. The Kier molecular flexibility index (Phi) is 3.53. The number of nitrogens with zero attached hydrogens (tertiary/aromatic N) is 1. The summed E-state index contributed by atoms with van der Waals surface area (Å²) in [6, 6.07) is 0.300. The van der Waals surface area contributed by atoms with Crippen molar-refractivity contribution in [3.8, 4) is 0 Å². The Bertz CT molecular complexity index is 200. The van der Waals surface area contributed by atoms with E-state index in [1.807, 2.05) is 4.90 Å². The Labute approximate surface area is 86.6 Å². The van der Waals surface area contributed by atoms with E-state index in [0.29, 0.717) is 12.5 Å². The minimum absolute atomic E-state index is 0.0939. The number of carbonyl (C=O) groups excluding carboxylic acids is 1. The predicted molar refractivity (Wildman–Crippen MR) is 57.9 cm³/mol. The van der Waals surface area contributed by atoms with Gasteiger partial charge in [0.2, 0.25) is 5.91 Å². The molecule has 0 atom stereocenters. The number of likely N-dealkylation sites (tertiary alicyclic amines) is 1. The summed E-state index contributed by atoms with van der Waals surface area (Å²) >= 11 is 0. The molecule has 1 aliphatic rings. The highest BCUT2D eigenvalue weighted by molar-refractivity contribution is 5.76. The van der Waals surface area contributed by atoms with Crippen molar-refractivity contribution in [1.82, 2.24) is 4.90 Å². The molecule has 1 rings (SSSR count). The van der Waals surface area contributed by atoms with E-state index in [1.165, 1.54) is 0 Å². The van der Waals surface area contributed by atoms with Crippen LogP contribution in [-0.4, -0.2) is 29.9 Å². The van der Waals surface area contributed by atoms with E-state index >= 15 is 0 Å². The van der Waals surface area contributed by atoms with Crippen molar-refractivity contribution in [2.45, 2.75) is 46.1 Å². The normalized spacial score (nSPS) is 19.9. The van der Waals surface area contributed by atoms with Gasteiger partial charge in [0.05, 0.1) is 0 Å². The Morgan fingerprint density at radius 3 is 2.29 bits per heavy atom. The fourth-order valence-corrected chi connectivity index (χ4v) is 1.71. The number of hydrogen-bond acceptors (Lipinski definition) is 2. The molecule has 0 spiro atoms. The summed E-state index contributed by atoms with van der Waals surface area (Å²) in [5.41, 5.74) is 5.88. The van der Waals surface area contributed by atoms with Crippen molar-refractivity contribution < 1.29 is 4.79 Å². The van der Waals surface area contributed by atoms with Crippen LogP contribution >= 0.6 is 0 Å². The largest absolute Gasteiger partial charge is 0.343 e. The van der Waals surface area contributed by atoms with Crippen LogP contribution in [0.15, 0.2) is 0 Å². The van der Waals surface area contributed by atoms with Gasteiger partial charge in [-0.15, -0.1) is 0 Å². The molecule has 3 nitrogen and oxygen atoms in total. The Hall–Kier alpha value is -0.570. The fraction of sp³-hybridized carbons (Fsp3) is 0.909. The van der Waals surface area contributed by atoms with Gasteiger partial charge in [0.25, 0.3) is 0 Å². The third-order valence-corrected chi connectivity index (χ3v) is 2.57. The van der Waals surface area contributed by atoms with Crippen molar-refractivity contribution in [2.75, 3.05) is 13.1 Å². The van der Waals surface area contributed by atoms with Crippen LogP contribution in [0.25, 0.3) is 0 Å². The summed E-state index contributed by atoms with van der Waals surface area (Å²) in [4.78, 5) is 13.8. The first-order chi connectivity index (χ1) is 6.38. The van der Waals surface area contributed by atoms with Gasteiger partial charge in [-0.05, 0) is 18.3 Å². The van der Waals surface area contributed by atoms with Gasteiger partial charge in [0.1, 0.15) is 0 Å². The Morgan fingerprint density at radius 1 is 1.36 bits per heavy atom. The van der Waals surface area contributed by atoms with Crippen LogP contribution in [0.1, 0.15) is 40.0 Å². The lowest BCUT2D eigenvalue weighted by Gasteiger charge is -2.32. The van der Waals surface area contributed by atoms with Crippen molar-refractivity contribution in [2.24, 2.45) is 11.1 Å². The zero-order valence-corrected chi connectivity index (χ0v) is 9.55. The minimum Gasteiger partial charge on any atom is -0.343 e. The second kappa shape index (κ2) is 4.30. The molecule has 14 heavy (non-hydrogen) atoms. The molecule has 1 amide bonds. The third kappa shape index (κ3) is 3.66. The molecule has 1 saturated heterocycles. The zero-order valence-electron chi connectivity index (χ0n) is 9.55. The number of nitrogens with two attached hydrogens (primary N) is 1. The SMILES string of the molecule is CC(C)(C)CC(=O)N1CCC(N)CC1. The first-order valence-corrected chi connectivity index (χ1v) is 5.42. The molecule has 1 fully saturated rings. The summed E-state index contributed by atoms with van der Waals surface area (Å²) in [5, 5.41) is 0. The fourth-order valence-electron chi connectivity index (χ4n) is 1.71. The van der Waals surface area contributed by atoms with Crippen LogP contribution in [0, 0.1) is 5.41 Å². The molecule has 1 heterocycles. The standard InChI is InChI=1S/C11H22N2O/c1-11(2,3)8-10(14)13-6-4-9(12)5-7-13/h9H,4-8,12H2,1-3H3. The minimum atomic E-state index is 0.0939. The van der Waals surface area contributed by atoms with Gasteiger partial charge in [0.15, 0.2) is 0 Å². The van der Waals surface area contributed by atoms with E-state index in [1.54, 1.807) is 0 Å². The summed E-state index contributed by atoms with van der Waals surface area (Å²) in [7, 11) is 0. The van der Waals surface area contributed by atoms with Crippen molar-refractivity contribution in [3.05, 3.63) is 0 Å². The van der Waals surface area contributed by atoms with E-state index in [9.17, 15) is 4.79 Å².